The monoisotopic (exact) mass is 270 g/mol. The van der Waals surface area contributed by atoms with Crippen LogP contribution in [0, 0.1) is 0 Å². The molecule has 0 aliphatic carbocycles. The van der Waals surface area contributed by atoms with E-state index in [1.807, 2.05) is 0 Å². The van der Waals surface area contributed by atoms with Gasteiger partial charge in [-0.2, -0.15) is 0 Å². The lowest BCUT2D eigenvalue weighted by Gasteiger charge is -2.34. The van der Waals surface area contributed by atoms with Crippen LogP contribution < -0.4 is 5.73 Å². The van der Waals surface area contributed by atoms with Crippen LogP contribution in [0.15, 0.2) is 0 Å². The van der Waals surface area contributed by atoms with E-state index in [9.17, 15) is 0 Å². The largest absolute Gasteiger partial charge is 0.329 e. The van der Waals surface area contributed by atoms with Gasteiger partial charge in [0, 0.05) is 18.6 Å². The molecule has 2 heteroatoms. The van der Waals surface area contributed by atoms with Crippen LogP contribution in [-0.4, -0.2) is 30.1 Å². The van der Waals surface area contributed by atoms with Gasteiger partial charge in [-0.25, -0.2) is 0 Å². The lowest BCUT2D eigenvalue weighted by molar-refractivity contribution is 0.146. The standard InChI is InChI=1S/C17H38N2/c1-5-7-8-9-10-11-12-13-17(15-18)19(14-6-2)16(3)4/h16-17H,5-15,18H2,1-4H3. The second-order valence-corrected chi connectivity index (χ2v) is 6.13. The van der Waals surface area contributed by atoms with Crippen molar-refractivity contribution < 1.29 is 0 Å². The fraction of sp³-hybridized carbons (Fsp3) is 1.00. The first-order valence-corrected chi connectivity index (χ1v) is 8.63. The normalized spacial score (nSPS) is 13.4. The molecule has 0 fully saturated rings. The number of nitrogens with zero attached hydrogens (tertiary/aromatic N) is 1. The molecule has 19 heavy (non-hydrogen) atoms. The maximum Gasteiger partial charge on any atom is 0.0221 e. The van der Waals surface area contributed by atoms with Crippen LogP contribution >= 0.6 is 0 Å². The summed E-state index contributed by atoms with van der Waals surface area (Å²) in [5, 5.41) is 0. The van der Waals surface area contributed by atoms with Crippen molar-refractivity contribution in [2.45, 2.75) is 97.6 Å². The van der Waals surface area contributed by atoms with E-state index in [0.29, 0.717) is 12.1 Å². The Labute approximate surface area is 122 Å². The molecule has 0 saturated carbocycles. The number of hydrogen-bond donors (Lipinski definition) is 1. The minimum Gasteiger partial charge on any atom is -0.329 e. The molecule has 0 rings (SSSR count). The topological polar surface area (TPSA) is 29.3 Å². The third-order valence-corrected chi connectivity index (χ3v) is 4.03. The van der Waals surface area contributed by atoms with Gasteiger partial charge in [-0.1, -0.05) is 58.8 Å². The second-order valence-electron chi connectivity index (χ2n) is 6.13. The highest BCUT2D eigenvalue weighted by molar-refractivity contribution is 4.75. The Morgan fingerprint density at radius 2 is 1.42 bits per heavy atom. The minimum atomic E-state index is 0.593. The highest BCUT2D eigenvalue weighted by Gasteiger charge is 2.18. The summed E-state index contributed by atoms with van der Waals surface area (Å²) in [5.41, 5.74) is 5.98. The first-order chi connectivity index (χ1) is 9.17. The van der Waals surface area contributed by atoms with E-state index in [0.717, 1.165) is 6.54 Å². The van der Waals surface area contributed by atoms with Crippen molar-refractivity contribution in [1.29, 1.82) is 0 Å². The van der Waals surface area contributed by atoms with Crippen molar-refractivity contribution in [2.24, 2.45) is 5.73 Å². The van der Waals surface area contributed by atoms with E-state index in [1.54, 1.807) is 0 Å². The SMILES string of the molecule is CCCCCCCCCC(CN)N(CCC)C(C)C. The van der Waals surface area contributed by atoms with Gasteiger partial charge in [0.15, 0.2) is 0 Å². The number of rotatable bonds is 13. The zero-order valence-corrected chi connectivity index (χ0v) is 14.0. The maximum absolute atomic E-state index is 5.98. The summed E-state index contributed by atoms with van der Waals surface area (Å²) < 4.78 is 0. The lowest BCUT2D eigenvalue weighted by Crippen LogP contribution is -2.45. The third-order valence-electron chi connectivity index (χ3n) is 4.03. The summed E-state index contributed by atoms with van der Waals surface area (Å²) >= 11 is 0. The predicted octanol–water partition coefficient (Wildman–Crippen LogP) is 4.57. The molecule has 1 atom stereocenters. The molecular weight excluding hydrogens is 232 g/mol. The van der Waals surface area contributed by atoms with E-state index >= 15 is 0 Å². The van der Waals surface area contributed by atoms with Gasteiger partial charge in [0.2, 0.25) is 0 Å². The molecule has 0 radical (unpaired) electrons. The molecule has 0 bridgehead atoms. The van der Waals surface area contributed by atoms with Gasteiger partial charge in [-0.3, -0.25) is 4.90 Å². The van der Waals surface area contributed by atoms with Gasteiger partial charge in [-0.15, -0.1) is 0 Å². The van der Waals surface area contributed by atoms with Gasteiger partial charge < -0.3 is 5.73 Å². The average Bonchev–Trinajstić information content (AvgIpc) is 2.40. The van der Waals surface area contributed by atoms with Crippen LogP contribution in [0.25, 0.3) is 0 Å². The smallest absolute Gasteiger partial charge is 0.0221 e. The average molecular weight is 271 g/mol. The quantitative estimate of drug-likeness (QED) is 0.497. The van der Waals surface area contributed by atoms with E-state index in [-0.39, 0.29) is 0 Å². The van der Waals surface area contributed by atoms with E-state index in [1.165, 1.54) is 64.3 Å². The first kappa shape index (κ1) is 18.9. The number of unbranched alkanes of at least 4 members (excludes halogenated alkanes) is 6. The second kappa shape index (κ2) is 12.9. The minimum absolute atomic E-state index is 0.593. The fourth-order valence-electron chi connectivity index (χ4n) is 2.88. The Balaban J connectivity index is 3.78. The summed E-state index contributed by atoms with van der Waals surface area (Å²) in [4.78, 5) is 2.59. The molecular formula is C17H38N2. The molecule has 2 nitrogen and oxygen atoms in total. The van der Waals surface area contributed by atoms with Gasteiger partial charge >= 0.3 is 0 Å². The van der Waals surface area contributed by atoms with E-state index in [2.05, 4.69) is 32.6 Å². The highest BCUT2D eigenvalue weighted by Crippen LogP contribution is 2.15. The van der Waals surface area contributed by atoms with Crippen molar-refractivity contribution in [2.75, 3.05) is 13.1 Å². The molecule has 0 aromatic carbocycles. The van der Waals surface area contributed by atoms with Crippen molar-refractivity contribution in [3.05, 3.63) is 0 Å². The molecule has 0 aliphatic heterocycles. The van der Waals surface area contributed by atoms with Crippen LogP contribution in [0.3, 0.4) is 0 Å². The summed E-state index contributed by atoms with van der Waals surface area (Å²) in [5.74, 6) is 0. The third kappa shape index (κ3) is 9.45. The molecule has 0 saturated heterocycles. The Bertz CT molecular complexity index is 180. The maximum atomic E-state index is 5.98. The molecule has 0 aromatic rings. The lowest BCUT2D eigenvalue weighted by atomic mass is 10.0. The van der Waals surface area contributed by atoms with Crippen molar-refractivity contribution in [3.63, 3.8) is 0 Å². The number of nitrogens with two attached hydrogens (primary N) is 1. The Hall–Kier alpha value is -0.0800. The molecule has 1 unspecified atom stereocenters. The Morgan fingerprint density at radius 3 is 1.89 bits per heavy atom. The first-order valence-electron chi connectivity index (χ1n) is 8.63. The fourth-order valence-corrected chi connectivity index (χ4v) is 2.88. The van der Waals surface area contributed by atoms with Gasteiger partial charge in [0.05, 0.1) is 0 Å². The molecule has 0 amide bonds. The van der Waals surface area contributed by atoms with Crippen LogP contribution in [-0.2, 0) is 0 Å². The summed E-state index contributed by atoms with van der Waals surface area (Å²) in [7, 11) is 0. The van der Waals surface area contributed by atoms with Crippen LogP contribution in [0.5, 0.6) is 0 Å². The van der Waals surface area contributed by atoms with Crippen LogP contribution in [0.1, 0.15) is 85.5 Å². The van der Waals surface area contributed by atoms with E-state index < -0.39 is 0 Å². The van der Waals surface area contributed by atoms with Gasteiger partial charge in [0.1, 0.15) is 0 Å². The molecule has 0 spiro atoms. The molecule has 2 N–H and O–H groups in total. The van der Waals surface area contributed by atoms with Crippen molar-refractivity contribution >= 4 is 0 Å². The van der Waals surface area contributed by atoms with Crippen molar-refractivity contribution in [3.8, 4) is 0 Å². The predicted molar refractivity (Wildman–Crippen MR) is 87.6 cm³/mol. The molecule has 0 aliphatic rings. The van der Waals surface area contributed by atoms with Crippen LogP contribution in [0.4, 0.5) is 0 Å². The van der Waals surface area contributed by atoms with E-state index in [4.69, 9.17) is 5.73 Å². The summed E-state index contributed by atoms with van der Waals surface area (Å²) in [6, 6.07) is 1.22. The molecule has 0 aromatic heterocycles. The zero-order valence-electron chi connectivity index (χ0n) is 14.0. The van der Waals surface area contributed by atoms with Crippen LogP contribution in [0.2, 0.25) is 0 Å². The van der Waals surface area contributed by atoms with Gasteiger partial charge in [0.25, 0.3) is 0 Å². The summed E-state index contributed by atoms with van der Waals surface area (Å²) in [6.07, 6.45) is 12.2. The van der Waals surface area contributed by atoms with Gasteiger partial charge in [-0.05, 0) is 33.2 Å². The zero-order chi connectivity index (χ0) is 14.5. The van der Waals surface area contributed by atoms with Crippen molar-refractivity contribution in [1.82, 2.24) is 4.90 Å². The number of hydrogen-bond acceptors (Lipinski definition) is 2. The Morgan fingerprint density at radius 1 is 0.842 bits per heavy atom. The molecule has 0 heterocycles. The molecule has 116 valence electrons. The summed E-state index contributed by atoms with van der Waals surface area (Å²) in [6.45, 7) is 11.1. The Kier molecular flexibility index (Phi) is 12.9. The highest BCUT2D eigenvalue weighted by atomic mass is 15.2.